The number of ether oxygens (including phenoxy) is 1. The Bertz CT molecular complexity index is 695. The molecule has 2 rings (SSSR count). The molecule has 7 heteroatoms. The molecule has 0 spiro atoms. The highest BCUT2D eigenvalue weighted by molar-refractivity contribution is 5.97. The van der Waals surface area contributed by atoms with Gasteiger partial charge in [0.15, 0.2) is 0 Å². The fraction of sp³-hybridized carbons (Fsp3) is 0.591. The van der Waals surface area contributed by atoms with Crippen LogP contribution in [0.3, 0.4) is 0 Å². The van der Waals surface area contributed by atoms with Gasteiger partial charge in [-0.15, -0.1) is 0 Å². The van der Waals surface area contributed by atoms with Crippen molar-refractivity contribution < 1.29 is 19.1 Å². The first-order chi connectivity index (χ1) is 13.8. The maximum absolute atomic E-state index is 12.8. The number of amides is 3. The number of hydrogen-bond acceptors (Lipinski definition) is 4. The number of benzene rings is 1. The topological polar surface area (TPSA) is 87.7 Å². The van der Waals surface area contributed by atoms with Gasteiger partial charge in [0.05, 0.1) is 6.61 Å². The van der Waals surface area contributed by atoms with E-state index in [2.05, 4.69) is 10.6 Å². The van der Waals surface area contributed by atoms with E-state index < -0.39 is 6.04 Å². The number of carbonyl (C=O) groups is 3. The monoisotopic (exact) mass is 403 g/mol. The number of likely N-dealkylation sites (tertiary alicyclic amines) is 1. The molecule has 1 saturated heterocycles. The maximum Gasteiger partial charge on any atom is 0.251 e. The van der Waals surface area contributed by atoms with Crippen molar-refractivity contribution >= 4 is 17.7 Å². The minimum Gasteiger partial charge on any atom is -0.383 e. The number of hydrogen-bond donors (Lipinski definition) is 2. The van der Waals surface area contributed by atoms with Crippen molar-refractivity contribution in [2.24, 2.45) is 11.8 Å². The number of methoxy groups -OCH3 is 1. The second kappa shape index (κ2) is 11.0. The molecule has 1 aromatic rings. The van der Waals surface area contributed by atoms with Crippen LogP contribution in [0.25, 0.3) is 0 Å². The van der Waals surface area contributed by atoms with E-state index in [4.69, 9.17) is 4.74 Å². The number of piperidine rings is 1. The van der Waals surface area contributed by atoms with Gasteiger partial charge >= 0.3 is 0 Å². The lowest BCUT2D eigenvalue weighted by atomic mass is 9.88. The van der Waals surface area contributed by atoms with Crippen LogP contribution in [0.5, 0.6) is 0 Å². The number of carbonyl (C=O) groups excluding carboxylic acids is 3. The van der Waals surface area contributed by atoms with Gasteiger partial charge in [-0.1, -0.05) is 31.5 Å². The fourth-order valence-corrected chi connectivity index (χ4v) is 3.53. The Morgan fingerprint density at radius 3 is 2.31 bits per heavy atom. The first-order valence-electron chi connectivity index (χ1n) is 10.3. The maximum atomic E-state index is 12.8. The summed E-state index contributed by atoms with van der Waals surface area (Å²) >= 11 is 0. The number of nitrogens with one attached hydrogen (secondary N) is 2. The molecule has 29 heavy (non-hydrogen) atoms. The minimum atomic E-state index is -0.642. The van der Waals surface area contributed by atoms with Gasteiger partial charge in [-0.25, -0.2) is 0 Å². The van der Waals surface area contributed by atoms with Crippen LogP contribution in [0, 0.1) is 18.8 Å². The van der Waals surface area contributed by atoms with Crippen molar-refractivity contribution in [2.45, 2.75) is 39.7 Å². The normalized spacial score (nSPS) is 15.8. The van der Waals surface area contributed by atoms with Crippen LogP contribution in [0.1, 0.15) is 42.6 Å². The van der Waals surface area contributed by atoms with Gasteiger partial charge in [-0.3, -0.25) is 14.4 Å². The molecule has 1 heterocycles. The third kappa shape index (κ3) is 6.56. The van der Waals surface area contributed by atoms with E-state index in [9.17, 15) is 14.4 Å². The molecular weight excluding hydrogens is 370 g/mol. The summed E-state index contributed by atoms with van der Waals surface area (Å²) < 4.78 is 5.00. The zero-order valence-electron chi connectivity index (χ0n) is 17.9. The van der Waals surface area contributed by atoms with Gasteiger partial charge in [0.25, 0.3) is 5.91 Å². The Labute approximate surface area is 173 Å². The zero-order chi connectivity index (χ0) is 21.4. The summed E-state index contributed by atoms with van der Waals surface area (Å²) in [6.07, 6.45) is 1.35. The van der Waals surface area contributed by atoms with Crippen molar-refractivity contribution in [1.29, 1.82) is 0 Å². The molecule has 0 aromatic heterocycles. The minimum absolute atomic E-state index is 0.0249. The van der Waals surface area contributed by atoms with Crippen molar-refractivity contribution in [3.8, 4) is 0 Å². The molecular formula is C22H33N3O4. The second-order valence-corrected chi connectivity index (χ2v) is 7.92. The summed E-state index contributed by atoms with van der Waals surface area (Å²) in [6.45, 7) is 7.74. The summed E-state index contributed by atoms with van der Waals surface area (Å²) in [5, 5.41) is 5.76. The Morgan fingerprint density at radius 2 is 1.76 bits per heavy atom. The smallest absolute Gasteiger partial charge is 0.251 e. The highest BCUT2D eigenvalue weighted by Crippen LogP contribution is 2.23. The van der Waals surface area contributed by atoms with E-state index in [0.29, 0.717) is 44.6 Å². The average molecular weight is 404 g/mol. The van der Waals surface area contributed by atoms with E-state index in [-0.39, 0.29) is 29.6 Å². The summed E-state index contributed by atoms with van der Waals surface area (Å²) in [5.41, 5.74) is 1.59. The molecule has 1 aromatic carbocycles. The van der Waals surface area contributed by atoms with Gasteiger partial charge in [-0.05, 0) is 37.8 Å². The van der Waals surface area contributed by atoms with Gasteiger partial charge in [0.2, 0.25) is 11.8 Å². The van der Waals surface area contributed by atoms with E-state index in [1.165, 1.54) is 0 Å². The van der Waals surface area contributed by atoms with Gasteiger partial charge in [0.1, 0.15) is 6.04 Å². The van der Waals surface area contributed by atoms with Crippen LogP contribution in [0.2, 0.25) is 0 Å². The average Bonchev–Trinajstić information content (AvgIpc) is 2.72. The standard InChI is InChI=1S/C22H33N3O4/c1-15(2)22(28)25-12-9-17(10-13-25)19(21(27)23-11-14-29-4)24-20(26)18-7-5-16(3)6-8-18/h5-8,15,17,19H,9-14H2,1-4H3,(H,23,27)(H,24,26)/t19-/m1/s1. The molecule has 160 valence electrons. The highest BCUT2D eigenvalue weighted by Gasteiger charge is 2.34. The lowest BCUT2D eigenvalue weighted by molar-refractivity contribution is -0.136. The number of aryl methyl sites for hydroxylation is 1. The highest BCUT2D eigenvalue weighted by atomic mass is 16.5. The predicted molar refractivity (Wildman–Crippen MR) is 111 cm³/mol. The van der Waals surface area contributed by atoms with Gasteiger partial charge < -0.3 is 20.3 Å². The molecule has 0 saturated carbocycles. The first-order valence-corrected chi connectivity index (χ1v) is 10.3. The largest absolute Gasteiger partial charge is 0.383 e. The molecule has 1 aliphatic heterocycles. The third-order valence-corrected chi connectivity index (χ3v) is 5.30. The van der Waals surface area contributed by atoms with Gasteiger partial charge in [0, 0.05) is 38.2 Å². The Hall–Kier alpha value is -2.41. The van der Waals surface area contributed by atoms with Crippen molar-refractivity contribution in [3.05, 3.63) is 35.4 Å². The lowest BCUT2D eigenvalue weighted by Gasteiger charge is -2.36. The molecule has 7 nitrogen and oxygen atoms in total. The fourth-order valence-electron chi connectivity index (χ4n) is 3.53. The van der Waals surface area contributed by atoms with E-state index in [1.807, 2.05) is 37.8 Å². The van der Waals surface area contributed by atoms with E-state index in [1.54, 1.807) is 19.2 Å². The summed E-state index contributed by atoms with van der Waals surface area (Å²) in [5.74, 6) is -0.411. The Morgan fingerprint density at radius 1 is 1.14 bits per heavy atom. The molecule has 0 unspecified atom stereocenters. The predicted octanol–water partition coefficient (Wildman–Crippen LogP) is 1.75. The molecule has 0 radical (unpaired) electrons. The number of nitrogens with zero attached hydrogens (tertiary/aromatic N) is 1. The van der Waals surface area contributed by atoms with Crippen LogP contribution in [0.15, 0.2) is 24.3 Å². The number of rotatable bonds is 8. The van der Waals surface area contributed by atoms with Crippen LogP contribution < -0.4 is 10.6 Å². The summed E-state index contributed by atoms with van der Waals surface area (Å²) in [4.78, 5) is 39.6. The molecule has 1 aliphatic rings. The third-order valence-electron chi connectivity index (χ3n) is 5.30. The van der Waals surface area contributed by atoms with Crippen LogP contribution in [0.4, 0.5) is 0 Å². The van der Waals surface area contributed by atoms with Gasteiger partial charge in [-0.2, -0.15) is 0 Å². The lowest BCUT2D eigenvalue weighted by Crippen LogP contribution is -2.54. The Kier molecular flexibility index (Phi) is 8.64. The van der Waals surface area contributed by atoms with Crippen LogP contribution >= 0.6 is 0 Å². The zero-order valence-corrected chi connectivity index (χ0v) is 17.9. The molecule has 2 N–H and O–H groups in total. The molecule has 0 aliphatic carbocycles. The van der Waals surface area contributed by atoms with Crippen LogP contribution in [-0.2, 0) is 14.3 Å². The van der Waals surface area contributed by atoms with E-state index in [0.717, 1.165) is 5.56 Å². The van der Waals surface area contributed by atoms with E-state index >= 15 is 0 Å². The SMILES string of the molecule is COCCNC(=O)[C@H](NC(=O)c1ccc(C)cc1)C1CCN(C(=O)C(C)C)CC1. The Balaban J connectivity index is 2.07. The molecule has 0 bridgehead atoms. The molecule has 1 fully saturated rings. The van der Waals surface area contributed by atoms with Crippen LogP contribution in [-0.4, -0.2) is 62.0 Å². The molecule has 3 amide bonds. The van der Waals surface area contributed by atoms with Crippen molar-refractivity contribution in [1.82, 2.24) is 15.5 Å². The molecule has 1 atom stereocenters. The quantitative estimate of drug-likeness (QED) is 0.648. The first kappa shape index (κ1) is 22.9. The van der Waals surface area contributed by atoms with Crippen molar-refractivity contribution in [3.63, 3.8) is 0 Å². The summed E-state index contributed by atoms with van der Waals surface area (Å²) in [6, 6.07) is 6.62. The van der Waals surface area contributed by atoms with Crippen molar-refractivity contribution in [2.75, 3.05) is 33.4 Å². The summed E-state index contributed by atoms with van der Waals surface area (Å²) in [7, 11) is 1.57. The second-order valence-electron chi connectivity index (χ2n) is 7.92.